The van der Waals surface area contributed by atoms with Crippen molar-refractivity contribution in [1.82, 2.24) is 0 Å². The molecule has 0 aromatic heterocycles. The minimum atomic E-state index is -0.332. The van der Waals surface area contributed by atoms with Crippen LogP contribution in [-0.4, -0.2) is 28.9 Å². The molecule has 0 bridgehead atoms. The molecule has 0 rings (SSSR count). The summed E-state index contributed by atoms with van der Waals surface area (Å²) >= 11 is 1.54. The average molecular weight is 288 g/mol. The van der Waals surface area contributed by atoms with E-state index in [2.05, 4.69) is 13.5 Å². The number of aliphatic hydroxyl groups excluding tert-OH is 1. The topological polar surface area (TPSA) is 46.5 Å². The third-order valence-corrected chi connectivity index (χ3v) is 3.88. The molecule has 1 unspecified atom stereocenters. The van der Waals surface area contributed by atoms with Crippen molar-refractivity contribution < 1.29 is 14.6 Å². The van der Waals surface area contributed by atoms with Crippen molar-refractivity contribution in [2.24, 2.45) is 0 Å². The van der Waals surface area contributed by atoms with Gasteiger partial charge in [0.05, 0.1) is 12.0 Å². The van der Waals surface area contributed by atoms with Gasteiger partial charge in [-0.2, -0.15) is 0 Å². The molecule has 0 spiro atoms. The highest BCUT2D eigenvalue weighted by atomic mass is 32.2. The first-order valence-corrected chi connectivity index (χ1v) is 8.25. The van der Waals surface area contributed by atoms with E-state index in [1.807, 2.05) is 0 Å². The van der Waals surface area contributed by atoms with Crippen molar-refractivity contribution in [3.8, 4) is 0 Å². The van der Waals surface area contributed by atoms with E-state index < -0.39 is 0 Å². The SMILES string of the molecule is C=C(C)C(=O)OCCCSC(O)CCCCCCC. The monoisotopic (exact) mass is 288 g/mol. The Kier molecular flexibility index (Phi) is 12.2. The zero-order chi connectivity index (χ0) is 14.5. The van der Waals surface area contributed by atoms with E-state index in [0.717, 1.165) is 25.0 Å². The summed E-state index contributed by atoms with van der Waals surface area (Å²) in [6, 6.07) is 0. The summed E-state index contributed by atoms with van der Waals surface area (Å²) in [7, 11) is 0. The molecule has 0 aromatic rings. The van der Waals surface area contributed by atoms with Gasteiger partial charge in [-0.1, -0.05) is 45.6 Å². The lowest BCUT2D eigenvalue weighted by atomic mass is 10.1. The van der Waals surface area contributed by atoms with Crippen LogP contribution in [0.1, 0.15) is 58.8 Å². The van der Waals surface area contributed by atoms with E-state index in [1.54, 1.807) is 18.7 Å². The molecule has 19 heavy (non-hydrogen) atoms. The minimum absolute atomic E-state index is 0.279. The number of unbranched alkanes of at least 4 members (excludes halogenated alkanes) is 4. The van der Waals surface area contributed by atoms with Crippen molar-refractivity contribution in [3.63, 3.8) is 0 Å². The van der Waals surface area contributed by atoms with Crippen molar-refractivity contribution in [2.45, 2.75) is 64.2 Å². The van der Waals surface area contributed by atoms with Crippen LogP contribution in [0.5, 0.6) is 0 Å². The second kappa shape index (κ2) is 12.5. The molecule has 0 amide bonds. The quantitative estimate of drug-likeness (QED) is 0.256. The van der Waals surface area contributed by atoms with Crippen molar-refractivity contribution in [2.75, 3.05) is 12.4 Å². The zero-order valence-corrected chi connectivity index (χ0v) is 13.1. The van der Waals surface area contributed by atoms with Gasteiger partial charge in [0.15, 0.2) is 0 Å². The van der Waals surface area contributed by atoms with Gasteiger partial charge in [0.2, 0.25) is 0 Å². The molecule has 0 saturated carbocycles. The van der Waals surface area contributed by atoms with Gasteiger partial charge in [-0.05, 0) is 25.5 Å². The van der Waals surface area contributed by atoms with Crippen LogP contribution >= 0.6 is 11.8 Å². The zero-order valence-electron chi connectivity index (χ0n) is 12.3. The van der Waals surface area contributed by atoms with Gasteiger partial charge in [-0.15, -0.1) is 11.8 Å². The van der Waals surface area contributed by atoms with Crippen LogP contribution in [0.3, 0.4) is 0 Å². The molecule has 3 nitrogen and oxygen atoms in total. The molecule has 1 atom stereocenters. The number of thioether (sulfide) groups is 1. The van der Waals surface area contributed by atoms with Crippen LogP contribution in [0.25, 0.3) is 0 Å². The van der Waals surface area contributed by atoms with Gasteiger partial charge in [0, 0.05) is 5.57 Å². The molecule has 0 aromatic carbocycles. The fourth-order valence-corrected chi connectivity index (χ4v) is 2.46. The third-order valence-electron chi connectivity index (χ3n) is 2.74. The number of hydrogen-bond acceptors (Lipinski definition) is 4. The van der Waals surface area contributed by atoms with Gasteiger partial charge in [-0.3, -0.25) is 0 Å². The van der Waals surface area contributed by atoms with Crippen LogP contribution in [0, 0.1) is 0 Å². The summed E-state index contributed by atoms with van der Waals surface area (Å²) in [5, 5.41) is 9.74. The first-order chi connectivity index (χ1) is 9.07. The molecule has 0 aliphatic heterocycles. The van der Waals surface area contributed by atoms with Gasteiger partial charge < -0.3 is 9.84 Å². The lowest BCUT2D eigenvalue weighted by Crippen LogP contribution is -2.08. The standard InChI is InChI=1S/C15H28O3S/c1-4-5-6-7-8-10-14(16)19-12-9-11-18-15(17)13(2)3/h14,16H,2,4-12H2,1,3H3. The lowest BCUT2D eigenvalue weighted by Gasteiger charge is -2.10. The number of carbonyl (C=O) groups is 1. The highest BCUT2D eigenvalue weighted by Crippen LogP contribution is 2.17. The molecule has 112 valence electrons. The Balaban J connectivity index is 3.31. The molecule has 4 heteroatoms. The van der Waals surface area contributed by atoms with E-state index in [9.17, 15) is 9.90 Å². The summed E-state index contributed by atoms with van der Waals surface area (Å²) in [4.78, 5) is 11.1. The average Bonchev–Trinajstić information content (AvgIpc) is 2.37. The molecule has 0 fully saturated rings. The van der Waals surface area contributed by atoms with Gasteiger partial charge in [-0.25, -0.2) is 4.79 Å². The van der Waals surface area contributed by atoms with Gasteiger partial charge in [0.1, 0.15) is 0 Å². The Morgan fingerprint density at radius 1 is 1.26 bits per heavy atom. The number of carbonyl (C=O) groups excluding carboxylic acids is 1. The van der Waals surface area contributed by atoms with E-state index in [0.29, 0.717) is 12.2 Å². The van der Waals surface area contributed by atoms with Crippen LogP contribution in [-0.2, 0) is 9.53 Å². The Morgan fingerprint density at radius 2 is 1.95 bits per heavy atom. The summed E-state index contributed by atoms with van der Waals surface area (Å²) in [5.74, 6) is 0.487. The summed E-state index contributed by atoms with van der Waals surface area (Å²) < 4.78 is 4.98. The second-order valence-corrected chi connectivity index (χ2v) is 6.08. The van der Waals surface area contributed by atoms with E-state index in [4.69, 9.17) is 4.74 Å². The minimum Gasteiger partial charge on any atom is -0.462 e. The molecule has 1 N–H and O–H groups in total. The molecular weight excluding hydrogens is 260 g/mol. The Morgan fingerprint density at radius 3 is 2.58 bits per heavy atom. The van der Waals surface area contributed by atoms with E-state index in [1.165, 1.54) is 25.7 Å². The summed E-state index contributed by atoms with van der Waals surface area (Å²) in [5.41, 5.74) is 0.151. The predicted molar refractivity (Wildman–Crippen MR) is 82.2 cm³/mol. The normalized spacial score (nSPS) is 12.2. The Labute approximate surface area is 121 Å². The largest absolute Gasteiger partial charge is 0.462 e. The van der Waals surface area contributed by atoms with Crippen molar-refractivity contribution >= 4 is 17.7 Å². The fraction of sp³-hybridized carbons (Fsp3) is 0.800. The Bertz CT molecular complexity index is 254. The first-order valence-electron chi connectivity index (χ1n) is 7.20. The van der Waals surface area contributed by atoms with Gasteiger partial charge >= 0.3 is 5.97 Å². The molecule has 0 aliphatic rings. The maximum atomic E-state index is 11.1. The summed E-state index contributed by atoms with van der Waals surface area (Å²) in [6.07, 6.45) is 7.75. The molecule has 0 heterocycles. The van der Waals surface area contributed by atoms with Crippen LogP contribution in [0.15, 0.2) is 12.2 Å². The van der Waals surface area contributed by atoms with E-state index >= 15 is 0 Å². The maximum absolute atomic E-state index is 11.1. The number of aliphatic hydroxyl groups is 1. The molecule has 0 aliphatic carbocycles. The summed E-state index contributed by atoms with van der Waals surface area (Å²) in [6.45, 7) is 7.76. The first kappa shape index (κ1) is 18.5. The maximum Gasteiger partial charge on any atom is 0.333 e. The highest BCUT2D eigenvalue weighted by Gasteiger charge is 2.05. The highest BCUT2D eigenvalue weighted by molar-refractivity contribution is 7.99. The molecular formula is C15H28O3S. The van der Waals surface area contributed by atoms with Crippen molar-refractivity contribution in [3.05, 3.63) is 12.2 Å². The van der Waals surface area contributed by atoms with Crippen molar-refractivity contribution in [1.29, 1.82) is 0 Å². The number of hydrogen-bond donors (Lipinski definition) is 1. The molecule has 0 radical (unpaired) electrons. The third kappa shape index (κ3) is 12.3. The Hall–Kier alpha value is -0.480. The smallest absolute Gasteiger partial charge is 0.333 e. The van der Waals surface area contributed by atoms with Crippen LogP contribution < -0.4 is 0 Å². The molecule has 0 saturated heterocycles. The number of esters is 1. The van der Waals surface area contributed by atoms with Crippen LogP contribution in [0.4, 0.5) is 0 Å². The van der Waals surface area contributed by atoms with Crippen LogP contribution in [0.2, 0.25) is 0 Å². The second-order valence-electron chi connectivity index (χ2n) is 4.80. The number of rotatable bonds is 12. The van der Waals surface area contributed by atoms with Gasteiger partial charge in [0.25, 0.3) is 0 Å². The number of ether oxygens (including phenoxy) is 1. The predicted octanol–water partition coefficient (Wildman–Crippen LogP) is 3.91. The van der Waals surface area contributed by atoms with E-state index in [-0.39, 0.29) is 11.4 Å². The fourth-order valence-electron chi connectivity index (χ4n) is 1.57. The lowest BCUT2D eigenvalue weighted by molar-refractivity contribution is -0.138.